The van der Waals surface area contributed by atoms with Gasteiger partial charge in [-0.25, -0.2) is 4.98 Å². The molecule has 1 heterocycles. The van der Waals surface area contributed by atoms with Crippen LogP contribution in [-0.2, 0) is 4.79 Å². The van der Waals surface area contributed by atoms with Gasteiger partial charge in [0.2, 0.25) is 0 Å². The summed E-state index contributed by atoms with van der Waals surface area (Å²) >= 11 is 0. The highest BCUT2D eigenvalue weighted by Gasteiger charge is 2.31. The van der Waals surface area contributed by atoms with Gasteiger partial charge in [-0.05, 0) is 12.8 Å². The molecule has 0 spiro atoms. The highest BCUT2D eigenvalue weighted by molar-refractivity contribution is 5.70. The van der Waals surface area contributed by atoms with Gasteiger partial charge < -0.3 is 9.67 Å². The van der Waals surface area contributed by atoms with Crippen molar-refractivity contribution in [3.05, 3.63) is 18.7 Å². The van der Waals surface area contributed by atoms with Crippen LogP contribution < -0.4 is 0 Å². The van der Waals surface area contributed by atoms with Crippen molar-refractivity contribution >= 4 is 5.97 Å². The van der Waals surface area contributed by atoms with Crippen LogP contribution in [0.2, 0.25) is 0 Å². The lowest BCUT2D eigenvalue weighted by Gasteiger charge is -2.29. The first kappa shape index (κ1) is 9.24. The van der Waals surface area contributed by atoms with Crippen molar-refractivity contribution in [1.29, 1.82) is 0 Å². The molecule has 14 heavy (non-hydrogen) atoms. The molecule has 1 aromatic heterocycles. The molecule has 1 aliphatic carbocycles. The van der Waals surface area contributed by atoms with Crippen LogP contribution in [0.25, 0.3) is 0 Å². The van der Waals surface area contributed by atoms with E-state index in [1.165, 1.54) is 0 Å². The van der Waals surface area contributed by atoms with E-state index >= 15 is 0 Å². The van der Waals surface area contributed by atoms with E-state index in [1.54, 1.807) is 12.5 Å². The van der Waals surface area contributed by atoms with Crippen molar-refractivity contribution in [3.63, 3.8) is 0 Å². The van der Waals surface area contributed by atoms with Crippen LogP contribution in [0.3, 0.4) is 0 Å². The number of carbonyl (C=O) groups is 1. The molecule has 1 saturated carbocycles. The molecule has 76 valence electrons. The predicted molar refractivity (Wildman–Crippen MR) is 50.9 cm³/mol. The summed E-state index contributed by atoms with van der Waals surface area (Å²) in [5.41, 5.74) is 0. The molecule has 0 radical (unpaired) electrons. The number of aliphatic carboxylic acids is 1. The Balaban J connectivity index is 2.18. The Kier molecular flexibility index (Phi) is 2.52. The summed E-state index contributed by atoms with van der Waals surface area (Å²) < 4.78 is 1.93. The molecule has 0 saturated heterocycles. The largest absolute Gasteiger partial charge is 0.481 e. The first-order valence-corrected chi connectivity index (χ1v) is 4.99. The van der Waals surface area contributed by atoms with E-state index in [9.17, 15) is 4.79 Å². The van der Waals surface area contributed by atoms with Crippen LogP contribution in [0.15, 0.2) is 18.7 Å². The van der Waals surface area contributed by atoms with E-state index in [0.717, 1.165) is 25.7 Å². The van der Waals surface area contributed by atoms with Crippen LogP contribution in [0.5, 0.6) is 0 Å². The first-order valence-electron chi connectivity index (χ1n) is 4.99. The van der Waals surface area contributed by atoms with E-state index in [-0.39, 0.29) is 12.0 Å². The van der Waals surface area contributed by atoms with Gasteiger partial charge in [-0.15, -0.1) is 0 Å². The van der Waals surface area contributed by atoms with Gasteiger partial charge in [0.25, 0.3) is 0 Å². The Bertz CT molecular complexity index is 308. The van der Waals surface area contributed by atoms with E-state index in [1.807, 2.05) is 10.8 Å². The number of hydrogen-bond donors (Lipinski definition) is 1. The van der Waals surface area contributed by atoms with Crippen molar-refractivity contribution in [2.45, 2.75) is 31.7 Å². The Morgan fingerprint density at radius 1 is 1.43 bits per heavy atom. The third-order valence-electron chi connectivity index (χ3n) is 2.95. The summed E-state index contributed by atoms with van der Waals surface area (Å²) in [6.07, 6.45) is 9.16. The number of aromatic nitrogens is 2. The molecule has 1 aromatic rings. The van der Waals surface area contributed by atoms with Crippen LogP contribution in [0.1, 0.15) is 31.7 Å². The summed E-state index contributed by atoms with van der Waals surface area (Å²) in [5, 5.41) is 9.07. The second-order valence-corrected chi connectivity index (χ2v) is 3.81. The molecule has 2 rings (SSSR count). The van der Waals surface area contributed by atoms with Crippen LogP contribution >= 0.6 is 0 Å². The lowest BCUT2D eigenvalue weighted by Crippen LogP contribution is -2.28. The van der Waals surface area contributed by atoms with Crippen LogP contribution in [-0.4, -0.2) is 20.6 Å². The van der Waals surface area contributed by atoms with Gasteiger partial charge in [0.05, 0.1) is 12.2 Å². The zero-order chi connectivity index (χ0) is 9.97. The van der Waals surface area contributed by atoms with Crippen molar-refractivity contribution in [2.75, 3.05) is 0 Å². The van der Waals surface area contributed by atoms with Crippen molar-refractivity contribution in [3.8, 4) is 0 Å². The third kappa shape index (κ3) is 1.64. The van der Waals surface area contributed by atoms with E-state index in [2.05, 4.69) is 4.98 Å². The van der Waals surface area contributed by atoms with Crippen molar-refractivity contribution in [1.82, 2.24) is 9.55 Å². The molecule has 1 aliphatic rings. The predicted octanol–water partition coefficient (Wildman–Crippen LogP) is 1.70. The Hall–Kier alpha value is -1.32. The smallest absolute Gasteiger partial charge is 0.308 e. The standard InChI is InChI=1S/C10H14N2O2/c13-10(14)8-3-1-2-4-9(8)12-6-5-11-7-12/h5-9H,1-4H2,(H,13,14)/t8-,9+/m0/s1. The van der Waals surface area contributed by atoms with Crippen molar-refractivity contribution < 1.29 is 9.90 Å². The fourth-order valence-corrected chi connectivity index (χ4v) is 2.22. The SMILES string of the molecule is O=C(O)[C@H]1CCCC[C@H]1n1ccnc1. The maximum atomic E-state index is 11.0. The van der Waals surface area contributed by atoms with Gasteiger partial charge in [-0.3, -0.25) is 4.79 Å². The number of rotatable bonds is 2. The Morgan fingerprint density at radius 3 is 2.86 bits per heavy atom. The van der Waals surface area contributed by atoms with Gasteiger partial charge in [-0.1, -0.05) is 12.8 Å². The summed E-state index contributed by atoms with van der Waals surface area (Å²) in [6, 6.07) is 0.101. The number of imidazole rings is 1. The topological polar surface area (TPSA) is 55.1 Å². The summed E-state index contributed by atoms with van der Waals surface area (Å²) in [4.78, 5) is 15.0. The molecule has 0 unspecified atom stereocenters. The number of carboxylic acid groups (broad SMARTS) is 1. The van der Waals surface area contributed by atoms with Gasteiger partial charge >= 0.3 is 5.97 Å². The number of hydrogen-bond acceptors (Lipinski definition) is 2. The van der Waals surface area contributed by atoms with Crippen LogP contribution in [0.4, 0.5) is 0 Å². The number of nitrogens with zero attached hydrogens (tertiary/aromatic N) is 2. The van der Waals surface area contributed by atoms with Gasteiger partial charge in [-0.2, -0.15) is 0 Å². The quantitative estimate of drug-likeness (QED) is 0.779. The second-order valence-electron chi connectivity index (χ2n) is 3.81. The maximum Gasteiger partial charge on any atom is 0.308 e. The lowest BCUT2D eigenvalue weighted by molar-refractivity contribution is -0.144. The third-order valence-corrected chi connectivity index (χ3v) is 2.95. The molecule has 4 nitrogen and oxygen atoms in total. The molecule has 1 fully saturated rings. The lowest BCUT2D eigenvalue weighted by atomic mass is 9.84. The summed E-state index contributed by atoms with van der Waals surface area (Å²) in [7, 11) is 0. The maximum absolute atomic E-state index is 11.0. The monoisotopic (exact) mass is 194 g/mol. The Morgan fingerprint density at radius 2 is 2.21 bits per heavy atom. The van der Waals surface area contributed by atoms with Crippen LogP contribution in [0, 0.1) is 5.92 Å². The van der Waals surface area contributed by atoms with Crippen molar-refractivity contribution in [2.24, 2.45) is 5.92 Å². The summed E-state index contributed by atoms with van der Waals surface area (Å²) in [6.45, 7) is 0. The first-order chi connectivity index (χ1) is 6.79. The molecule has 0 aliphatic heterocycles. The average Bonchev–Trinajstić information content (AvgIpc) is 2.70. The average molecular weight is 194 g/mol. The van der Waals surface area contributed by atoms with E-state index < -0.39 is 5.97 Å². The highest BCUT2D eigenvalue weighted by atomic mass is 16.4. The molecule has 0 bridgehead atoms. The molecule has 4 heteroatoms. The summed E-state index contributed by atoms with van der Waals surface area (Å²) in [5.74, 6) is -0.915. The molecule has 0 aromatic carbocycles. The van der Waals surface area contributed by atoms with Gasteiger partial charge in [0.1, 0.15) is 0 Å². The van der Waals surface area contributed by atoms with E-state index in [0.29, 0.717) is 0 Å². The molecule has 0 amide bonds. The minimum Gasteiger partial charge on any atom is -0.481 e. The van der Waals surface area contributed by atoms with Gasteiger partial charge in [0.15, 0.2) is 0 Å². The minimum absolute atomic E-state index is 0.101. The molecular formula is C10H14N2O2. The fourth-order valence-electron chi connectivity index (χ4n) is 2.22. The minimum atomic E-state index is -0.677. The normalized spacial score (nSPS) is 27.4. The fraction of sp³-hybridized carbons (Fsp3) is 0.600. The zero-order valence-electron chi connectivity index (χ0n) is 7.97. The Labute approximate surface area is 82.6 Å². The second kappa shape index (κ2) is 3.82. The van der Waals surface area contributed by atoms with E-state index in [4.69, 9.17) is 5.11 Å². The molecule has 1 N–H and O–H groups in total. The highest BCUT2D eigenvalue weighted by Crippen LogP contribution is 2.33. The number of carboxylic acids is 1. The zero-order valence-corrected chi connectivity index (χ0v) is 7.97. The van der Waals surface area contributed by atoms with Gasteiger partial charge in [0, 0.05) is 18.4 Å². The molecular weight excluding hydrogens is 180 g/mol. The molecule has 2 atom stereocenters.